The van der Waals surface area contributed by atoms with Crippen molar-refractivity contribution in [3.63, 3.8) is 0 Å². The summed E-state index contributed by atoms with van der Waals surface area (Å²) < 4.78 is 39.4. The molecule has 0 bridgehead atoms. The number of amides is 1. The minimum Gasteiger partial charge on any atom is -0.409 e. The van der Waals surface area contributed by atoms with Crippen molar-refractivity contribution in [3.8, 4) is 5.75 Å². The van der Waals surface area contributed by atoms with Gasteiger partial charge in [-0.3, -0.25) is 4.84 Å². The zero-order chi connectivity index (χ0) is 12.0. The Kier molecular flexibility index (Phi) is 4.12. The summed E-state index contributed by atoms with van der Waals surface area (Å²) in [5.74, 6) is 0.204. The highest BCUT2D eigenvalue weighted by Crippen LogP contribution is 2.13. The topological polar surface area (TPSA) is 47.6 Å². The SMILES string of the molecule is O=C(NOCC(F)(F)F)Oc1ccccc1. The van der Waals surface area contributed by atoms with E-state index in [1.54, 1.807) is 18.2 Å². The Hall–Kier alpha value is -1.76. The van der Waals surface area contributed by atoms with Crippen LogP contribution in [0.4, 0.5) is 18.0 Å². The number of carbonyl (C=O) groups excluding carboxylic acids is 1. The van der Waals surface area contributed by atoms with Crippen LogP contribution in [0.25, 0.3) is 0 Å². The number of benzene rings is 1. The van der Waals surface area contributed by atoms with Gasteiger partial charge in [-0.25, -0.2) is 4.79 Å². The Labute approximate surface area is 88.9 Å². The summed E-state index contributed by atoms with van der Waals surface area (Å²) in [5.41, 5.74) is 1.51. The first-order valence-electron chi connectivity index (χ1n) is 4.19. The summed E-state index contributed by atoms with van der Waals surface area (Å²) in [4.78, 5) is 14.8. The maximum atomic E-state index is 11.6. The highest BCUT2D eigenvalue weighted by atomic mass is 19.4. The number of alkyl halides is 3. The molecule has 0 unspecified atom stereocenters. The van der Waals surface area contributed by atoms with Crippen molar-refractivity contribution in [2.75, 3.05) is 6.61 Å². The van der Waals surface area contributed by atoms with Gasteiger partial charge in [-0.1, -0.05) is 18.2 Å². The molecule has 0 heterocycles. The third-order valence-corrected chi connectivity index (χ3v) is 1.35. The van der Waals surface area contributed by atoms with E-state index in [0.29, 0.717) is 0 Å². The first kappa shape index (κ1) is 12.3. The van der Waals surface area contributed by atoms with Gasteiger partial charge in [0.15, 0.2) is 6.61 Å². The Bertz CT molecular complexity index is 340. The van der Waals surface area contributed by atoms with Crippen molar-refractivity contribution in [3.05, 3.63) is 30.3 Å². The minimum absolute atomic E-state index is 0.204. The Morgan fingerprint density at radius 1 is 1.25 bits per heavy atom. The molecular weight excluding hydrogens is 227 g/mol. The maximum absolute atomic E-state index is 11.6. The highest BCUT2D eigenvalue weighted by Gasteiger charge is 2.28. The molecule has 0 aliphatic heterocycles. The van der Waals surface area contributed by atoms with Crippen LogP contribution < -0.4 is 10.2 Å². The zero-order valence-electron chi connectivity index (χ0n) is 7.95. The molecule has 1 rings (SSSR count). The van der Waals surface area contributed by atoms with Gasteiger partial charge in [0.25, 0.3) is 0 Å². The van der Waals surface area contributed by atoms with Gasteiger partial charge in [-0.15, -0.1) is 0 Å². The number of ether oxygens (including phenoxy) is 1. The smallest absolute Gasteiger partial charge is 0.409 e. The fourth-order valence-corrected chi connectivity index (χ4v) is 0.793. The van der Waals surface area contributed by atoms with Crippen LogP contribution >= 0.6 is 0 Å². The Balaban J connectivity index is 2.27. The normalized spacial score (nSPS) is 10.9. The summed E-state index contributed by atoms with van der Waals surface area (Å²) in [6.45, 7) is -1.57. The van der Waals surface area contributed by atoms with Gasteiger partial charge >= 0.3 is 12.3 Å². The molecule has 0 aliphatic carbocycles. The lowest BCUT2D eigenvalue weighted by Crippen LogP contribution is -2.31. The van der Waals surface area contributed by atoms with E-state index < -0.39 is 18.9 Å². The lowest BCUT2D eigenvalue weighted by molar-refractivity contribution is -0.185. The van der Waals surface area contributed by atoms with Crippen molar-refractivity contribution in [1.82, 2.24) is 5.48 Å². The summed E-state index contributed by atoms with van der Waals surface area (Å²) in [6.07, 6.45) is -5.62. The number of halogens is 3. The van der Waals surface area contributed by atoms with E-state index in [1.807, 2.05) is 0 Å². The van der Waals surface area contributed by atoms with E-state index in [9.17, 15) is 18.0 Å². The molecule has 0 fully saturated rings. The largest absolute Gasteiger partial charge is 0.436 e. The van der Waals surface area contributed by atoms with Gasteiger partial charge in [0.2, 0.25) is 0 Å². The predicted octanol–water partition coefficient (Wildman–Crippen LogP) is 2.27. The molecule has 1 N–H and O–H groups in total. The molecule has 1 aromatic rings. The number of carbonyl (C=O) groups is 1. The molecule has 0 aromatic heterocycles. The third kappa shape index (κ3) is 5.20. The van der Waals surface area contributed by atoms with E-state index in [4.69, 9.17) is 0 Å². The van der Waals surface area contributed by atoms with Gasteiger partial charge in [-0.05, 0) is 12.1 Å². The summed E-state index contributed by atoms with van der Waals surface area (Å²) in [7, 11) is 0. The van der Waals surface area contributed by atoms with Gasteiger partial charge in [-0.2, -0.15) is 18.7 Å². The molecule has 1 amide bonds. The summed E-state index contributed by atoms with van der Waals surface area (Å²) in [6, 6.07) is 7.87. The average Bonchev–Trinajstić information content (AvgIpc) is 2.17. The van der Waals surface area contributed by atoms with Crippen LogP contribution in [0, 0.1) is 0 Å². The number of rotatable bonds is 3. The van der Waals surface area contributed by atoms with Crippen LogP contribution in [-0.4, -0.2) is 18.9 Å². The van der Waals surface area contributed by atoms with E-state index in [0.717, 1.165) is 0 Å². The van der Waals surface area contributed by atoms with Gasteiger partial charge in [0.1, 0.15) is 5.75 Å². The molecule has 1 aromatic carbocycles. The van der Waals surface area contributed by atoms with Crippen molar-refractivity contribution >= 4 is 6.09 Å². The molecule has 7 heteroatoms. The van der Waals surface area contributed by atoms with Gasteiger partial charge < -0.3 is 4.74 Å². The molecular formula is C9H8F3NO3. The van der Waals surface area contributed by atoms with Crippen LogP contribution in [0.2, 0.25) is 0 Å². The molecule has 0 radical (unpaired) electrons. The zero-order valence-corrected chi connectivity index (χ0v) is 7.95. The van der Waals surface area contributed by atoms with Crippen LogP contribution in [0.1, 0.15) is 0 Å². The van der Waals surface area contributed by atoms with Crippen LogP contribution in [0.5, 0.6) is 5.75 Å². The van der Waals surface area contributed by atoms with Gasteiger partial charge in [0.05, 0.1) is 0 Å². The molecule has 4 nitrogen and oxygen atoms in total. The van der Waals surface area contributed by atoms with Crippen molar-refractivity contribution in [1.29, 1.82) is 0 Å². The summed E-state index contributed by atoms with van der Waals surface area (Å²) in [5, 5.41) is 0. The number of hydroxylamine groups is 1. The number of para-hydroxylation sites is 1. The molecule has 16 heavy (non-hydrogen) atoms. The van der Waals surface area contributed by atoms with Crippen molar-refractivity contribution in [2.45, 2.75) is 6.18 Å². The van der Waals surface area contributed by atoms with E-state index in [-0.39, 0.29) is 5.75 Å². The van der Waals surface area contributed by atoms with Crippen molar-refractivity contribution in [2.24, 2.45) is 0 Å². The highest BCUT2D eigenvalue weighted by molar-refractivity contribution is 5.68. The average molecular weight is 235 g/mol. The third-order valence-electron chi connectivity index (χ3n) is 1.35. The second-order valence-electron chi connectivity index (χ2n) is 2.71. The van der Waals surface area contributed by atoms with E-state index in [2.05, 4.69) is 9.57 Å². The number of nitrogens with one attached hydrogen (secondary N) is 1. The van der Waals surface area contributed by atoms with Crippen LogP contribution in [0.15, 0.2) is 30.3 Å². The first-order chi connectivity index (χ1) is 7.47. The molecule has 0 spiro atoms. The minimum atomic E-state index is -4.50. The molecule has 0 saturated heterocycles. The lowest BCUT2D eigenvalue weighted by atomic mass is 10.3. The van der Waals surface area contributed by atoms with Crippen LogP contribution in [0.3, 0.4) is 0 Å². The van der Waals surface area contributed by atoms with Crippen molar-refractivity contribution < 1.29 is 27.5 Å². The first-order valence-corrected chi connectivity index (χ1v) is 4.19. The number of hydrogen-bond acceptors (Lipinski definition) is 3. The molecule has 0 saturated carbocycles. The second kappa shape index (κ2) is 5.36. The molecule has 0 atom stereocenters. The fourth-order valence-electron chi connectivity index (χ4n) is 0.793. The maximum Gasteiger partial charge on any atom is 0.436 e. The predicted molar refractivity (Wildman–Crippen MR) is 47.6 cm³/mol. The monoisotopic (exact) mass is 235 g/mol. The van der Waals surface area contributed by atoms with Gasteiger partial charge in [0, 0.05) is 0 Å². The number of hydrogen-bond donors (Lipinski definition) is 1. The fraction of sp³-hybridized carbons (Fsp3) is 0.222. The van der Waals surface area contributed by atoms with Crippen LogP contribution in [-0.2, 0) is 4.84 Å². The Morgan fingerprint density at radius 2 is 1.88 bits per heavy atom. The lowest BCUT2D eigenvalue weighted by Gasteiger charge is -2.08. The standard InChI is InChI=1S/C9H8F3NO3/c10-9(11,12)6-15-13-8(14)16-7-4-2-1-3-5-7/h1-5H,6H2,(H,13,14). The van der Waals surface area contributed by atoms with E-state index in [1.165, 1.54) is 17.6 Å². The quantitative estimate of drug-likeness (QED) is 0.817. The second-order valence-corrected chi connectivity index (χ2v) is 2.71. The van der Waals surface area contributed by atoms with E-state index >= 15 is 0 Å². The summed E-state index contributed by atoms with van der Waals surface area (Å²) >= 11 is 0. The Morgan fingerprint density at radius 3 is 2.44 bits per heavy atom. The molecule has 0 aliphatic rings. The molecule has 88 valence electrons.